The minimum atomic E-state index is -0.360. The van der Waals surface area contributed by atoms with Crippen LogP contribution in [0.3, 0.4) is 0 Å². The predicted octanol–water partition coefficient (Wildman–Crippen LogP) is 2.54. The maximum absolute atomic E-state index is 10.7. The molecule has 0 bridgehead atoms. The Morgan fingerprint density at radius 2 is 2.15 bits per heavy atom. The number of nitrogens with zero attached hydrogens (tertiary/aromatic N) is 1. The number of fused-ring (bicyclic) bond motifs is 1. The maximum Gasteiger partial charge on any atom is 0.0947 e. The summed E-state index contributed by atoms with van der Waals surface area (Å²) in [4.78, 5) is 2.41. The molecule has 0 saturated carbocycles. The van der Waals surface area contributed by atoms with Gasteiger partial charge in [0, 0.05) is 19.2 Å². The van der Waals surface area contributed by atoms with Crippen molar-refractivity contribution >= 4 is 0 Å². The highest BCUT2D eigenvalue weighted by Crippen LogP contribution is 2.33. The SMILES string of the molecule is CCN(CC1CCCO1)C1CCc2ccccc2C1O. The summed E-state index contributed by atoms with van der Waals surface area (Å²) >= 11 is 0. The number of benzene rings is 1. The minimum absolute atomic E-state index is 0.235. The average Bonchev–Trinajstić information content (AvgIpc) is 2.99. The smallest absolute Gasteiger partial charge is 0.0947 e. The molecule has 1 aromatic rings. The number of hydrogen-bond donors (Lipinski definition) is 1. The van der Waals surface area contributed by atoms with Crippen LogP contribution in [0, 0.1) is 0 Å². The Bertz CT molecular complexity index is 442. The molecule has 0 aromatic heterocycles. The number of likely N-dealkylation sites (N-methyl/N-ethyl adjacent to an activating group) is 1. The van der Waals surface area contributed by atoms with Gasteiger partial charge in [-0.05, 0) is 43.4 Å². The first kappa shape index (κ1) is 14.1. The van der Waals surface area contributed by atoms with Crippen LogP contribution in [-0.2, 0) is 11.2 Å². The minimum Gasteiger partial charge on any atom is -0.387 e. The van der Waals surface area contributed by atoms with Crippen molar-refractivity contribution < 1.29 is 9.84 Å². The molecule has 1 heterocycles. The van der Waals surface area contributed by atoms with E-state index in [0.29, 0.717) is 6.10 Å². The zero-order chi connectivity index (χ0) is 13.9. The van der Waals surface area contributed by atoms with Crippen molar-refractivity contribution in [3.05, 3.63) is 35.4 Å². The summed E-state index contributed by atoms with van der Waals surface area (Å²) in [6, 6.07) is 8.55. The van der Waals surface area contributed by atoms with Gasteiger partial charge in [-0.15, -0.1) is 0 Å². The zero-order valence-electron chi connectivity index (χ0n) is 12.3. The second-order valence-electron chi connectivity index (χ2n) is 5.97. The van der Waals surface area contributed by atoms with Crippen LogP contribution in [-0.4, -0.2) is 41.8 Å². The lowest BCUT2D eigenvalue weighted by atomic mass is 9.85. The number of rotatable bonds is 4. The second kappa shape index (κ2) is 6.25. The van der Waals surface area contributed by atoms with Gasteiger partial charge in [-0.25, -0.2) is 0 Å². The summed E-state index contributed by atoms with van der Waals surface area (Å²) in [5.41, 5.74) is 2.43. The largest absolute Gasteiger partial charge is 0.387 e. The molecule has 0 spiro atoms. The summed E-state index contributed by atoms with van der Waals surface area (Å²) in [7, 11) is 0. The molecule has 1 fully saturated rings. The third-order valence-corrected chi connectivity index (χ3v) is 4.78. The molecule has 2 aliphatic rings. The molecule has 1 N–H and O–H groups in total. The summed E-state index contributed by atoms with van der Waals surface area (Å²) in [6.45, 7) is 5.02. The molecule has 1 aliphatic carbocycles. The van der Waals surface area contributed by atoms with E-state index < -0.39 is 0 Å². The van der Waals surface area contributed by atoms with Crippen molar-refractivity contribution in [3.63, 3.8) is 0 Å². The molecule has 3 unspecified atom stereocenters. The monoisotopic (exact) mass is 275 g/mol. The molecule has 0 amide bonds. The van der Waals surface area contributed by atoms with Gasteiger partial charge in [0.05, 0.1) is 12.2 Å². The van der Waals surface area contributed by atoms with Gasteiger partial charge in [-0.1, -0.05) is 31.2 Å². The second-order valence-corrected chi connectivity index (χ2v) is 5.97. The van der Waals surface area contributed by atoms with Gasteiger partial charge in [-0.3, -0.25) is 4.90 Å². The molecule has 3 nitrogen and oxygen atoms in total. The van der Waals surface area contributed by atoms with E-state index in [1.54, 1.807) is 0 Å². The quantitative estimate of drug-likeness (QED) is 0.916. The Hall–Kier alpha value is -0.900. The lowest BCUT2D eigenvalue weighted by Gasteiger charge is -2.39. The Morgan fingerprint density at radius 3 is 2.90 bits per heavy atom. The summed E-state index contributed by atoms with van der Waals surface area (Å²) in [6.07, 6.45) is 4.45. The molecule has 1 aromatic carbocycles. The van der Waals surface area contributed by atoms with E-state index in [1.165, 1.54) is 12.0 Å². The first-order valence-electron chi connectivity index (χ1n) is 7.91. The van der Waals surface area contributed by atoms with E-state index >= 15 is 0 Å². The topological polar surface area (TPSA) is 32.7 Å². The highest BCUT2D eigenvalue weighted by molar-refractivity contribution is 5.32. The lowest BCUT2D eigenvalue weighted by molar-refractivity contribution is 0.00454. The van der Waals surface area contributed by atoms with E-state index in [0.717, 1.165) is 44.5 Å². The number of aryl methyl sites for hydroxylation is 1. The predicted molar refractivity (Wildman–Crippen MR) is 79.7 cm³/mol. The van der Waals surface area contributed by atoms with Crippen LogP contribution in [0.2, 0.25) is 0 Å². The van der Waals surface area contributed by atoms with E-state index in [-0.39, 0.29) is 12.1 Å². The van der Waals surface area contributed by atoms with Crippen molar-refractivity contribution in [2.75, 3.05) is 19.7 Å². The molecular formula is C17H25NO2. The molecular weight excluding hydrogens is 250 g/mol. The van der Waals surface area contributed by atoms with Crippen molar-refractivity contribution in [2.24, 2.45) is 0 Å². The fraction of sp³-hybridized carbons (Fsp3) is 0.647. The van der Waals surface area contributed by atoms with Gasteiger partial charge in [0.1, 0.15) is 0 Å². The van der Waals surface area contributed by atoms with E-state index in [1.807, 2.05) is 6.07 Å². The molecule has 1 saturated heterocycles. The first-order chi connectivity index (χ1) is 9.79. The highest BCUT2D eigenvalue weighted by atomic mass is 16.5. The standard InChI is InChI=1S/C17H25NO2/c1-2-18(12-14-7-5-11-20-14)16-10-9-13-6-3-4-8-15(13)17(16)19/h3-4,6,8,14,16-17,19H,2,5,7,9-12H2,1H3. The van der Waals surface area contributed by atoms with Gasteiger partial charge in [0.25, 0.3) is 0 Å². The molecule has 3 rings (SSSR count). The van der Waals surface area contributed by atoms with Crippen LogP contribution in [0.15, 0.2) is 24.3 Å². The van der Waals surface area contributed by atoms with E-state index in [9.17, 15) is 5.11 Å². The van der Waals surface area contributed by atoms with Crippen LogP contribution < -0.4 is 0 Å². The zero-order valence-corrected chi connectivity index (χ0v) is 12.3. The van der Waals surface area contributed by atoms with Gasteiger partial charge in [0.15, 0.2) is 0 Å². The van der Waals surface area contributed by atoms with Crippen molar-refractivity contribution in [2.45, 2.75) is 50.9 Å². The third kappa shape index (κ3) is 2.76. The number of ether oxygens (including phenoxy) is 1. The highest BCUT2D eigenvalue weighted by Gasteiger charge is 2.33. The van der Waals surface area contributed by atoms with Crippen LogP contribution in [0.5, 0.6) is 0 Å². The Balaban J connectivity index is 1.72. The van der Waals surface area contributed by atoms with Crippen molar-refractivity contribution in [1.82, 2.24) is 4.90 Å². The summed E-state index contributed by atoms with van der Waals surface area (Å²) in [5, 5.41) is 10.7. The maximum atomic E-state index is 10.7. The normalized spacial score (nSPS) is 29.6. The average molecular weight is 275 g/mol. The van der Waals surface area contributed by atoms with E-state index in [2.05, 4.69) is 30.0 Å². The third-order valence-electron chi connectivity index (χ3n) is 4.78. The Morgan fingerprint density at radius 1 is 1.30 bits per heavy atom. The van der Waals surface area contributed by atoms with E-state index in [4.69, 9.17) is 4.74 Å². The van der Waals surface area contributed by atoms with Gasteiger partial charge in [0.2, 0.25) is 0 Å². The van der Waals surface area contributed by atoms with Crippen molar-refractivity contribution in [1.29, 1.82) is 0 Å². The Labute approximate surface area is 121 Å². The fourth-order valence-corrected chi connectivity index (χ4v) is 3.65. The molecule has 3 heteroatoms. The van der Waals surface area contributed by atoms with Gasteiger partial charge < -0.3 is 9.84 Å². The molecule has 20 heavy (non-hydrogen) atoms. The lowest BCUT2D eigenvalue weighted by Crippen LogP contribution is -2.45. The Kier molecular flexibility index (Phi) is 4.39. The number of aliphatic hydroxyl groups excluding tert-OH is 1. The molecule has 1 aliphatic heterocycles. The number of aliphatic hydroxyl groups is 1. The van der Waals surface area contributed by atoms with Crippen LogP contribution in [0.4, 0.5) is 0 Å². The van der Waals surface area contributed by atoms with Gasteiger partial charge in [-0.2, -0.15) is 0 Å². The summed E-state index contributed by atoms with van der Waals surface area (Å²) in [5.74, 6) is 0. The van der Waals surface area contributed by atoms with Gasteiger partial charge >= 0.3 is 0 Å². The van der Waals surface area contributed by atoms with Crippen LogP contribution in [0.1, 0.15) is 43.4 Å². The van der Waals surface area contributed by atoms with Crippen LogP contribution in [0.25, 0.3) is 0 Å². The summed E-state index contributed by atoms with van der Waals surface area (Å²) < 4.78 is 5.76. The molecule has 3 atom stereocenters. The first-order valence-corrected chi connectivity index (χ1v) is 7.91. The molecule has 110 valence electrons. The van der Waals surface area contributed by atoms with Crippen LogP contribution >= 0.6 is 0 Å². The fourth-order valence-electron chi connectivity index (χ4n) is 3.65. The number of hydrogen-bond acceptors (Lipinski definition) is 3. The molecule has 0 radical (unpaired) electrons. The van der Waals surface area contributed by atoms with Crippen molar-refractivity contribution in [3.8, 4) is 0 Å².